The number of halogens is 2. The van der Waals surface area contributed by atoms with E-state index in [1.54, 1.807) is 19.1 Å². The molecule has 1 rings (SSSR count). The van der Waals surface area contributed by atoms with Gasteiger partial charge in [-0.05, 0) is 47.2 Å². The smallest absolute Gasteiger partial charge is 0.344 e. The second-order valence-corrected chi connectivity index (χ2v) is 4.58. The lowest BCUT2D eigenvalue weighted by Gasteiger charge is -2.14. The van der Waals surface area contributed by atoms with Crippen molar-refractivity contribution in [2.45, 2.75) is 19.4 Å². The highest BCUT2D eigenvalue weighted by Gasteiger charge is 2.17. The maximum atomic E-state index is 10.7. The number of carboxylic acids is 1. The van der Waals surface area contributed by atoms with Gasteiger partial charge < -0.3 is 9.84 Å². The molecule has 15 heavy (non-hydrogen) atoms. The van der Waals surface area contributed by atoms with Crippen LogP contribution in [0, 0.1) is 3.57 Å². The summed E-state index contributed by atoms with van der Waals surface area (Å²) in [5.41, 5.74) is 0. The number of ether oxygens (including phenoxy) is 1. The molecule has 1 aromatic carbocycles. The van der Waals surface area contributed by atoms with Gasteiger partial charge in [0.15, 0.2) is 6.10 Å². The SMILES string of the molecule is CCC(Oc1ccc(I)cc1Cl)C(=O)O. The molecule has 0 fully saturated rings. The Kier molecular flexibility index (Phi) is 4.66. The van der Waals surface area contributed by atoms with Crippen LogP contribution in [-0.2, 0) is 4.79 Å². The van der Waals surface area contributed by atoms with Gasteiger partial charge in [0.25, 0.3) is 0 Å². The van der Waals surface area contributed by atoms with E-state index in [0.717, 1.165) is 3.57 Å². The first-order valence-electron chi connectivity index (χ1n) is 4.39. The van der Waals surface area contributed by atoms with Crippen molar-refractivity contribution < 1.29 is 14.6 Å². The van der Waals surface area contributed by atoms with Crippen LogP contribution in [0.25, 0.3) is 0 Å². The lowest BCUT2D eigenvalue weighted by atomic mass is 10.2. The van der Waals surface area contributed by atoms with E-state index in [1.807, 2.05) is 6.07 Å². The number of benzene rings is 1. The fourth-order valence-electron chi connectivity index (χ4n) is 1.03. The van der Waals surface area contributed by atoms with E-state index in [-0.39, 0.29) is 0 Å². The summed E-state index contributed by atoms with van der Waals surface area (Å²) in [6.45, 7) is 1.75. The van der Waals surface area contributed by atoms with Crippen molar-refractivity contribution in [3.8, 4) is 5.75 Å². The van der Waals surface area contributed by atoms with E-state index in [1.165, 1.54) is 0 Å². The quantitative estimate of drug-likeness (QED) is 0.856. The van der Waals surface area contributed by atoms with Crippen LogP contribution in [-0.4, -0.2) is 17.2 Å². The summed E-state index contributed by atoms with van der Waals surface area (Å²) < 4.78 is 6.26. The zero-order valence-corrected chi connectivity index (χ0v) is 10.9. The van der Waals surface area contributed by atoms with Crippen molar-refractivity contribution in [1.29, 1.82) is 0 Å². The molecule has 5 heteroatoms. The molecule has 1 atom stereocenters. The summed E-state index contributed by atoms with van der Waals surface area (Å²) in [6, 6.07) is 5.22. The number of carboxylic acid groups (broad SMARTS) is 1. The standard InChI is InChI=1S/C10H10ClIO3/c1-2-8(10(13)14)15-9-4-3-6(12)5-7(9)11/h3-5,8H,2H2,1H3,(H,13,14). The average molecular weight is 341 g/mol. The lowest BCUT2D eigenvalue weighted by molar-refractivity contribution is -0.145. The van der Waals surface area contributed by atoms with E-state index in [9.17, 15) is 4.79 Å². The molecular weight excluding hydrogens is 330 g/mol. The zero-order chi connectivity index (χ0) is 11.4. The molecule has 0 aliphatic rings. The summed E-state index contributed by atoms with van der Waals surface area (Å²) in [6.07, 6.45) is -0.444. The number of hydrogen-bond donors (Lipinski definition) is 1. The van der Waals surface area contributed by atoms with Gasteiger partial charge in [-0.1, -0.05) is 18.5 Å². The highest BCUT2D eigenvalue weighted by molar-refractivity contribution is 14.1. The fraction of sp³-hybridized carbons (Fsp3) is 0.300. The molecule has 82 valence electrons. The summed E-state index contributed by atoms with van der Waals surface area (Å²) in [7, 11) is 0. The summed E-state index contributed by atoms with van der Waals surface area (Å²) in [5, 5.41) is 9.24. The Hall–Kier alpha value is -0.490. The Morgan fingerprint density at radius 2 is 2.33 bits per heavy atom. The fourth-order valence-corrected chi connectivity index (χ4v) is 1.93. The van der Waals surface area contributed by atoms with Crippen molar-refractivity contribution >= 4 is 40.2 Å². The van der Waals surface area contributed by atoms with Crippen molar-refractivity contribution in [2.75, 3.05) is 0 Å². The topological polar surface area (TPSA) is 46.5 Å². The van der Waals surface area contributed by atoms with Crippen molar-refractivity contribution in [1.82, 2.24) is 0 Å². The van der Waals surface area contributed by atoms with E-state index in [2.05, 4.69) is 22.6 Å². The number of rotatable bonds is 4. The number of aliphatic carboxylic acids is 1. The third-order valence-corrected chi connectivity index (χ3v) is 2.78. The van der Waals surface area contributed by atoms with Gasteiger partial charge in [-0.2, -0.15) is 0 Å². The normalized spacial score (nSPS) is 12.2. The predicted octanol–water partition coefficient (Wildman–Crippen LogP) is 3.19. The summed E-state index contributed by atoms with van der Waals surface area (Å²) in [5.74, 6) is -0.571. The minimum Gasteiger partial charge on any atom is -0.479 e. The Morgan fingerprint density at radius 1 is 1.67 bits per heavy atom. The maximum Gasteiger partial charge on any atom is 0.344 e. The lowest BCUT2D eigenvalue weighted by Crippen LogP contribution is -2.26. The summed E-state index contributed by atoms with van der Waals surface area (Å²) >= 11 is 8.03. The predicted molar refractivity (Wildman–Crippen MR) is 66.5 cm³/mol. The number of hydrogen-bond acceptors (Lipinski definition) is 2. The van der Waals surface area contributed by atoms with Gasteiger partial charge in [0.2, 0.25) is 0 Å². The highest BCUT2D eigenvalue weighted by atomic mass is 127. The molecule has 0 saturated heterocycles. The van der Waals surface area contributed by atoms with Gasteiger partial charge in [-0.25, -0.2) is 4.79 Å². The molecule has 0 radical (unpaired) electrons. The Morgan fingerprint density at radius 3 is 2.80 bits per heavy atom. The molecule has 0 saturated carbocycles. The molecule has 0 bridgehead atoms. The van der Waals surface area contributed by atoms with Gasteiger partial charge in [-0.15, -0.1) is 0 Å². The second kappa shape index (κ2) is 5.55. The first-order valence-corrected chi connectivity index (χ1v) is 5.84. The molecule has 0 aliphatic heterocycles. The van der Waals surface area contributed by atoms with Crippen molar-refractivity contribution in [2.24, 2.45) is 0 Å². The van der Waals surface area contributed by atoms with E-state index >= 15 is 0 Å². The highest BCUT2D eigenvalue weighted by Crippen LogP contribution is 2.27. The van der Waals surface area contributed by atoms with Gasteiger partial charge in [0, 0.05) is 3.57 Å². The van der Waals surface area contributed by atoms with Crippen LogP contribution >= 0.6 is 34.2 Å². The minimum absolute atomic E-state index is 0.400. The second-order valence-electron chi connectivity index (χ2n) is 2.93. The van der Waals surface area contributed by atoms with Crippen LogP contribution in [0.1, 0.15) is 13.3 Å². The maximum absolute atomic E-state index is 10.7. The van der Waals surface area contributed by atoms with Gasteiger partial charge in [-0.3, -0.25) is 0 Å². The Labute approximate surface area is 107 Å². The zero-order valence-electron chi connectivity index (χ0n) is 8.04. The first-order chi connectivity index (χ1) is 7.04. The first kappa shape index (κ1) is 12.6. The van der Waals surface area contributed by atoms with E-state index in [0.29, 0.717) is 17.2 Å². The van der Waals surface area contributed by atoms with Crippen molar-refractivity contribution in [3.05, 3.63) is 26.8 Å². The molecule has 0 amide bonds. The molecule has 1 aromatic rings. The molecule has 1 unspecified atom stereocenters. The molecule has 0 aliphatic carbocycles. The largest absolute Gasteiger partial charge is 0.479 e. The third kappa shape index (κ3) is 3.53. The van der Waals surface area contributed by atoms with Gasteiger partial charge >= 0.3 is 5.97 Å². The Bertz CT molecular complexity index is 368. The molecule has 3 nitrogen and oxygen atoms in total. The summed E-state index contributed by atoms with van der Waals surface area (Å²) in [4.78, 5) is 10.7. The van der Waals surface area contributed by atoms with Crippen LogP contribution in [0.2, 0.25) is 5.02 Å². The van der Waals surface area contributed by atoms with Crippen LogP contribution < -0.4 is 4.74 Å². The monoisotopic (exact) mass is 340 g/mol. The van der Waals surface area contributed by atoms with Gasteiger partial charge in [0.05, 0.1) is 5.02 Å². The van der Waals surface area contributed by atoms with Crippen LogP contribution in [0.3, 0.4) is 0 Å². The molecule has 1 N–H and O–H groups in total. The molecule has 0 aromatic heterocycles. The van der Waals surface area contributed by atoms with Gasteiger partial charge in [0.1, 0.15) is 5.75 Å². The van der Waals surface area contributed by atoms with Crippen LogP contribution in [0.5, 0.6) is 5.75 Å². The van der Waals surface area contributed by atoms with E-state index in [4.69, 9.17) is 21.4 Å². The minimum atomic E-state index is -0.980. The van der Waals surface area contributed by atoms with Crippen LogP contribution in [0.15, 0.2) is 18.2 Å². The Balaban J connectivity index is 2.84. The third-order valence-electron chi connectivity index (χ3n) is 1.81. The van der Waals surface area contributed by atoms with Crippen LogP contribution in [0.4, 0.5) is 0 Å². The molecular formula is C10H10ClIO3. The molecule has 0 spiro atoms. The molecule has 0 heterocycles. The number of carbonyl (C=O) groups is 1. The van der Waals surface area contributed by atoms with Crippen molar-refractivity contribution in [3.63, 3.8) is 0 Å². The van der Waals surface area contributed by atoms with E-state index < -0.39 is 12.1 Å². The average Bonchev–Trinajstić information content (AvgIpc) is 2.16.